The van der Waals surface area contributed by atoms with Crippen LogP contribution in [0.5, 0.6) is 5.75 Å². The van der Waals surface area contributed by atoms with E-state index in [0.717, 1.165) is 25.4 Å². The quantitative estimate of drug-likeness (QED) is 0.485. The van der Waals surface area contributed by atoms with Gasteiger partial charge in [0.05, 0.1) is 0 Å². The molecule has 1 saturated heterocycles. The molecular weight excluding hydrogens is 254 g/mol. The summed E-state index contributed by atoms with van der Waals surface area (Å²) < 4.78 is 5.70. The third-order valence-electron chi connectivity index (χ3n) is 3.68. The van der Waals surface area contributed by atoms with Crippen molar-refractivity contribution in [1.29, 1.82) is 0 Å². The minimum atomic E-state index is -0.296. The van der Waals surface area contributed by atoms with Crippen molar-refractivity contribution in [3.63, 3.8) is 0 Å². The molecule has 1 heterocycles. The highest BCUT2D eigenvalue weighted by atomic mass is 16.5. The molecule has 3 N–H and O–H groups in total. The van der Waals surface area contributed by atoms with Crippen LogP contribution in [0.15, 0.2) is 24.3 Å². The molecule has 1 aromatic carbocycles. The van der Waals surface area contributed by atoms with Gasteiger partial charge >= 0.3 is 0 Å². The third-order valence-corrected chi connectivity index (χ3v) is 3.68. The number of benzene rings is 1. The normalized spacial score (nSPS) is 17.9. The highest BCUT2D eigenvalue weighted by molar-refractivity contribution is 5.93. The Bertz CT molecular complexity index is 457. The molecule has 0 atom stereocenters. The summed E-state index contributed by atoms with van der Waals surface area (Å²) in [4.78, 5) is 13.7. The molecule has 20 heavy (non-hydrogen) atoms. The minimum Gasteiger partial charge on any atom is -0.492 e. The molecular formula is C15H23N3O2. The Morgan fingerprint density at radius 3 is 2.65 bits per heavy atom. The number of rotatable bonds is 5. The molecule has 0 spiro atoms. The Kier molecular flexibility index (Phi) is 4.62. The monoisotopic (exact) mass is 277 g/mol. The molecule has 1 aliphatic heterocycles. The molecule has 0 bridgehead atoms. The molecule has 1 amide bonds. The lowest BCUT2D eigenvalue weighted by Gasteiger charge is -2.19. The Morgan fingerprint density at radius 1 is 1.40 bits per heavy atom. The lowest BCUT2D eigenvalue weighted by Crippen LogP contribution is -2.29. The smallest absolute Gasteiger partial charge is 0.265 e. The summed E-state index contributed by atoms with van der Waals surface area (Å²) in [5.74, 6) is 5.56. The predicted octanol–water partition coefficient (Wildman–Crippen LogP) is 1.40. The van der Waals surface area contributed by atoms with Crippen molar-refractivity contribution in [1.82, 2.24) is 10.3 Å². The second-order valence-corrected chi connectivity index (χ2v) is 6.04. The molecule has 1 fully saturated rings. The third kappa shape index (κ3) is 3.95. The molecule has 2 rings (SSSR count). The van der Waals surface area contributed by atoms with Gasteiger partial charge in [0.15, 0.2) is 0 Å². The van der Waals surface area contributed by atoms with Gasteiger partial charge < -0.3 is 4.74 Å². The lowest BCUT2D eigenvalue weighted by molar-refractivity contribution is 0.0953. The predicted molar refractivity (Wildman–Crippen MR) is 78.4 cm³/mol. The summed E-state index contributed by atoms with van der Waals surface area (Å²) in [6, 6.07) is 6.99. The number of hydrogen-bond acceptors (Lipinski definition) is 4. The topological polar surface area (TPSA) is 67.6 Å². The molecule has 0 aromatic heterocycles. The first-order chi connectivity index (χ1) is 9.50. The maximum atomic E-state index is 11.3. The number of amides is 1. The van der Waals surface area contributed by atoms with E-state index < -0.39 is 0 Å². The van der Waals surface area contributed by atoms with E-state index >= 15 is 0 Å². The van der Waals surface area contributed by atoms with E-state index in [-0.39, 0.29) is 5.91 Å². The maximum absolute atomic E-state index is 11.3. The standard InChI is InChI=1S/C15H23N3O2/c1-15(2)7-8-18(11-15)9-10-20-13-5-3-12(4-6-13)14(19)17-16/h3-6H,7-11,16H2,1-2H3,(H,17,19). The van der Waals surface area contributed by atoms with E-state index in [2.05, 4.69) is 24.2 Å². The SMILES string of the molecule is CC1(C)CCN(CCOc2ccc(C(=O)NN)cc2)C1. The average molecular weight is 277 g/mol. The number of nitrogens with one attached hydrogen (secondary N) is 1. The van der Waals surface area contributed by atoms with Crippen molar-refractivity contribution >= 4 is 5.91 Å². The number of nitrogen functional groups attached to an aromatic ring is 1. The van der Waals surface area contributed by atoms with Crippen LogP contribution >= 0.6 is 0 Å². The van der Waals surface area contributed by atoms with Gasteiger partial charge in [-0.3, -0.25) is 15.1 Å². The molecule has 0 aliphatic carbocycles. The van der Waals surface area contributed by atoms with Crippen LogP contribution in [0.25, 0.3) is 0 Å². The fourth-order valence-electron chi connectivity index (χ4n) is 2.49. The van der Waals surface area contributed by atoms with Gasteiger partial charge in [-0.15, -0.1) is 0 Å². The molecule has 0 radical (unpaired) electrons. The fraction of sp³-hybridized carbons (Fsp3) is 0.533. The lowest BCUT2D eigenvalue weighted by atomic mass is 9.93. The van der Waals surface area contributed by atoms with E-state index in [9.17, 15) is 4.79 Å². The number of carbonyl (C=O) groups excluding carboxylic acids is 1. The largest absolute Gasteiger partial charge is 0.492 e. The molecule has 0 saturated carbocycles. The van der Waals surface area contributed by atoms with Crippen LogP contribution in [0.1, 0.15) is 30.6 Å². The van der Waals surface area contributed by atoms with E-state index in [4.69, 9.17) is 10.6 Å². The molecule has 110 valence electrons. The van der Waals surface area contributed by atoms with E-state index in [1.165, 1.54) is 6.42 Å². The zero-order valence-corrected chi connectivity index (χ0v) is 12.2. The van der Waals surface area contributed by atoms with Crippen molar-refractivity contribution in [2.24, 2.45) is 11.3 Å². The molecule has 1 aliphatic rings. The number of hydrazine groups is 1. The van der Waals surface area contributed by atoms with E-state index in [0.29, 0.717) is 17.6 Å². The molecule has 0 unspecified atom stereocenters. The first-order valence-electron chi connectivity index (χ1n) is 6.96. The van der Waals surface area contributed by atoms with Crippen molar-refractivity contribution < 1.29 is 9.53 Å². The second-order valence-electron chi connectivity index (χ2n) is 6.04. The van der Waals surface area contributed by atoms with Crippen molar-refractivity contribution in [3.05, 3.63) is 29.8 Å². The Balaban J connectivity index is 1.76. The summed E-state index contributed by atoms with van der Waals surface area (Å²) in [7, 11) is 0. The van der Waals surface area contributed by atoms with Gasteiger partial charge in [-0.25, -0.2) is 5.84 Å². The van der Waals surface area contributed by atoms with Crippen LogP contribution in [0.3, 0.4) is 0 Å². The number of nitrogens with zero attached hydrogens (tertiary/aromatic N) is 1. The summed E-state index contributed by atoms with van der Waals surface area (Å²) in [6.45, 7) is 8.48. The van der Waals surface area contributed by atoms with Gasteiger partial charge in [0.25, 0.3) is 5.91 Å². The molecule has 1 aromatic rings. The molecule has 5 nitrogen and oxygen atoms in total. The van der Waals surface area contributed by atoms with Gasteiger partial charge in [-0.05, 0) is 42.6 Å². The van der Waals surface area contributed by atoms with Gasteiger partial charge in [0.2, 0.25) is 0 Å². The van der Waals surface area contributed by atoms with Crippen molar-refractivity contribution in [2.75, 3.05) is 26.2 Å². The van der Waals surface area contributed by atoms with Crippen LogP contribution in [0.4, 0.5) is 0 Å². The number of likely N-dealkylation sites (tertiary alicyclic amines) is 1. The summed E-state index contributed by atoms with van der Waals surface area (Å²) in [6.07, 6.45) is 1.25. The van der Waals surface area contributed by atoms with Crippen LogP contribution in [-0.2, 0) is 0 Å². The summed E-state index contributed by atoms with van der Waals surface area (Å²) >= 11 is 0. The maximum Gasteiger partial charge on any atom is 0.265 e. The second kappa shape index (κ2) is 6.24. The average Bonchev–Trinajstić information content (AvgIpc) is 2.78. The number of ether oxygens (including phenoxy) is 1. The van der Waals surface area contributed by atoms with Crippen molar-refractivity contribution in [2.45, 2.75) is 20.3 Å². The van der Waals surface area contributed by atoms with Crippen LogP contribution in [0, 0.1) is 5.41 Å². The first kappa shape index (κ1) is 14.8. The Morgan fingerprint density at radius 2 is 2.10 bits per heavy atom. The van der Waals surface area contributed by atoms with E-state index in [1.54, 1.807) is 24.3 Å². The highest BCUT2D eigenvalue weighted by Gasteiger charge is 2.28. The summed E-state index contributed by atoms with van der Waals surface area (Å²) in [5.41, 5.74) is 3.06. The van der Waals surface area contributed by atoms with Gasteiger partial charge in [-0.1, -0.05) is 13.8 Å². The van der Waals surface area contributed by atoms with Gasteiger partial charge in [0.1, 0.15) is 12.4 Å². The highest BCUT2D eigenvalue weighted by Crippen LogP contribution is 2.28. The molecule has 5 heteroatoms. The number of nitrogens with two attached hydrogens (primary N) is 1. The Hall–Kier alpha value is -1.59. The summed E-state index contributed by atoms with van der Waals surface area (Å²) in [5, 5.41) is 0. The first-order valence-corrected chi connectivity index (χ1v) is 6.96. The minimum absolute atomic E-state index is 0.296. The van der Waals surface area contributed by atoms with Gasteiger partial charge in [-0.2, -0.15) is 0 Å². The number of carbonyl (C=O) groups is 1. The number of hydrogen-bond donors (Lipinski definition) is 2. The fourth-order valence-corrected chi connectivity index (χ4v) is 2.49. The van der Waals surface area contributed by atoms with E-state index in [1.807, 2.05) is 0 Å². The zero-order valence-electron chi connectivity index (χ0n) is 12.2. The van der Waals surface area contributed by atoms with Crippen LogP contribution < -0.4 is 16.0 Å². The zero-order chi connectivity index (χ0) is 14.6. The Labute approximate surface area is 120 Å². The van der Waals surface area contributed by atoms with Crippen molar-refractivity contribution in [3.8, 4) is 5.75 Å². The van der Waals surface area contributed by atoms with Crippen LogP contribution in [-0.4, -0.2) is 37.0 Å². The van der Waals surface area contributed by atoms with Crippen LogP contribution in [0.2, 0.25) is 0 Å². The van der Waals surface area contributed by atoms with Gasteiger partial charge in [0, 0.05) is 18.7 Å².